The molecule has 0 bridgehead atoms. The molecule has 1 atom stereocenters. The average molecular weight is 367 g/mol. The fourth-order valence-corrected chi connectivity index (χ4v) is 4.22. The summed E-state index contributed by atoms with van der Waals surface area (Å²) >= 11 is 4.55. The standard InChI is InChI=1S/C21H26N4S/c1-21(2,3)17-7-5-14(6-8-17)15-9-18-19(16-11-23-24(4)12-16)13-25(26)20(18)22-10-15/h5,9-13,17,26H,6-8H2,1-4H3. The lowest BCUT2D eigenvalue weighted by molar-refractivity contribution is 0.225. The lowest BCUT2D eigenvalue weighted by Gasteiger charge is -2.33. The molecule has 1 aliphatic carbocycles. The van der Waals surface area contributed by atoms with Crippen molar-refractivity contribution in [3.8, 4) is 11.1 Å². The summed E-state index contributed by atoms with van der Waals surface area (Å²) in [5, 5.41) is 5.43. The molecule has 4 rings (SSSR count). The molecule has 0 saturated carbocycles. The second kappa shape index (κ2) is 6.31. The third-order valence-corrected chi connectivity index (χ3v) is 5.95. The highest BCUT2D eigenvalue weighted by molar-refractivity contribution is 7.78. The van der Waals surface area contributed by atoms with Crippen LogP contribution < -0.4 is 0 Å². The van der Waals surface area contributed by atoms with E-state index in [2.05, 4.69) is 50.8 Å². The van der Waals surface area contributed by atoms with Crippen molar-refractivity contribution in [2.24, 2.45) is 18.4 Å². The van der Waals surface area contributed by atoms with Crippen LogP contribution in [0.15, 0.2) is 36.9 Å². The van der Waals surface area contributed by atoms with Gasteiger partial charge in [0.1, 0.15) is 5.65 Å². The van der Waals surface area contributed by atoms with Gasteiger partial charge in [-0.1, -0.05) is 39.7 Å². The Kier molecular flexibility index (Phi) is 4.22. The van der Waals surface area contributed by atoms with E-state index < -0.39 is 0 Å². The van der Waals surface area contributed by atoms with Crippen LogP contribution in [0.25, 0.3) is 27.7 Å². The lowest BCUT2D eigenvalue weighted by atomic mass is 9.72. The van der Waals surface area contributed by atoms with Crippen molar-refractivity contribution >= 4 is 29.4 Å². The van der Waals surface area contributed by atoms with Gasteiger partial charge in [0.2, 0.25) is 0 Å². The fraction of sp³-hybridized carbons (Fsp3) is 0.429. The quantitative estimate of drug-likeness (QED) is 0.620. The number of fused-ring (bicyclic) bond motifs is 1. The van der Waals surface area contributed by atoms with E-state index in [-0.39, 0.29) is 0 Å². The van der Waals surface area contributed by atoms with E-state index in [0.29, 0.717) is 5.41 Å². The van der Waals surface area contributed by atoms with E-state index in [1.807, 2.05) is 36.5 Å². The smallest absolute Gasteiger partial charge is 0.150 e. The molecule has 0 amide bonds. The topological polar surface area (TPSA) is 35.6 Å². The SMILES string of the molecule is Cn1cc(-c2cn(S)c3ncc(C4=CCC(C(C)(C)C)CC4)cc23)cn1. The van der Waals surface area contributed by atoms with Gasteiger partial charge in [-0.25, -0.2) is 4.98 Å². The zero-order chi connectivity index (χ0) is 18.5. The highest BCUT2D eigenvalue weighted by atomic mass is 32.1. The summed E-state index contributed by atoms with van der Waals surface area (Å²) in [6.07, 6.45) is 13.9. The molecule has 0 fully saturated rings. The highest BCUT2D eigenvalue weighted by Crippen LogP contribution is 2.40. The Morgan fingerprint density at radius 2 is 1.96 bits per heavy atom. The van der Waals surface area contributed by atoms with E-state index in [0.717, 1.165) is 40.9 Å². The summed E-state index contributed by atoms with van der Waals surface area (Å²) in [5.74, 6) is 0.757. The van der Waals surface area contributed by atoms with Crippen molar-refractivity contribution in [2.45, 2.75) is 40.0 Å². The van der Waals surface area contributed by atoms with Crippen molar-refractivity contribution in [1.29, 1.82) is 0 Å². The van der Waals surface area contributed by atoms with Gasteiger partial charge < -0.3 is 0 Å². The predicted octanol–water partition coefficient (Wildman–Crippen LogP) is 5.36. The van der Waals surface area contributed by atoms with Crippen molar-refractivity contribution in [3.63, 3.8) is 0 Å². The highest BCUT2D eigenvalue weighted by Gasteiger charge is 2.26. The fourth-order valence-electron chi connectivity index (χ4n) is 3.94. The number of aromatic nitrogens is 4. The number of allylic oxidation sites excluding steroid dienone is 2. The van der Waals surface area contributed by atoms with Gasteiger partial charge in [0.25, 0.3) is 0 Å². The van der Waals surface area contributed by atoms with Crippen molar-refractivity contribution in [1.82, 2.24) is 18.7 Å². The third-order valence-electron chi connectivity index (χ3n) is 5.65. The monoisotopic (exact) mass is 366 g/mol. The number of hydrogen-bond donors (Lipinski definition) is 1. The number of nitrogens with zero attached hydrogens (tertiary/aromatic N) is 4. The average Bonchev–Trinajstić information content (AvgIpc) is 3.17. The molecule has 0 saturated heterocycles. The molecular formula is C21H26N4S. The molecule has 0 aliphatic heterocycles. The maximum atomic E-state index is 4.70. The summed E-state index contributed by atoms with van der Waals surface area (Å²) in [7, 11) is 1.94. The summed E-state index contributed by atoms with van der Waals surface area (Å²) < 4.78 is 3.62. The number of thiol groups is 1. The first-order valence-electron chi connectivity index (χ1n) is 9.21. The van der Waals surface area contributed by atoms with Gasteiger partial charge in [0, 0.05) is 42.2 Å². The van der Waals surface area contributed by atoms with Crippen LogP contribution in [0.2, 0.25) is 0 Å². The maximum absolute atomic E-state index is 4.70. The van der Waals surface area contributed by atoms with Crippen molar-refractivity contribution < 1.29 is 0 Å². The van der Waals surface area contributed by atoms with Crippen molar-refractivity contribution in [2.75, 3.05) is 0 Å². The van der Waals surface area contributed by atoms with Crippen LogP contribution in [0.1, 0.15) is 45.6 Å². The molecule has 0 radical (unpaired) electrons. The van der Waals surface area contributed by atoms with Crippen molar-refractivity contribution in [3.05, 3.63) is 42.5 Å². The minimum atomic E-state index is 0.376. The van der Waals surface area contributed by atoms with Gasteiger partial charge in [-0.05, 0) is 47.8 Å². The number of rotatable bonds is 2. The molecule has 3 heterocycles. The van der Waals surface area contributed by atoms with E-state index >= 15 is 0 Å². The first-order chi connectivity index (χ1) is 12.3. The number of hydrogen-bond acceptors (Lipinski definition) is 3. The summed E-state index contributed by atoms with van der Waals surface area (Å²) in [5.41, 5.74) is 6.13. The Bertz CT molecular complexity index is 987. The Morgan fingerprint density at radius 3 is 2.58 bits per heavy atom. The van der Waals surface area contributed by atoms with Crippen LogP contribution in [-0.2, 0) is 7.05 Å². The molecule has 136 valence electrons. The molecule has 3 aromatic rings. The zero-order valence-corrected chi connectivity index (χ0v) is 16.8. The third kappa shape index (κ3) is 3.09. The van der Waals surface area contributed by atoms with E-state index in [4.69, 9.17) is 4.98 Å². The Hall–Kier alpha value is -2.01. The first kappa shape index (κ1) is 17.4. The van der Waals surface area contributed by atoms with Crippen LogP contribution in [0, 0.1) is 11.3 Å². The van der Waals surface area contributed by atoms with E-state index in [9.17, 15) is 0 Å². The van der Waals surface area contributed by atoms with Crippen LogP contribution >= 0.6 is 12.8 Å². The minimum Gasteiger partial charge on any atom is -0.277 e. The summed E-state index contributed by atoms with van der Waals surface area (Å²) in [4.78, 5) is 4.70. The Balaban J connectivity index is 1.73. The normalized spacial score (nSPS) is 18.3. The van der Waals surface area contributed by atoms with Gasteiger partial charge in [0.05, 0.1) is 6.20 Å². The predicted molar refractivity (Wildman–Crippen MR) is 111 cm³/mol. The molecular weight excluding hydrogens is 340 g/mol. The minimum absolute atomic E-state index is 0.376. The maximum Gasteiger partial charge on any atom is 0.150 e. The number of aryl methyl sites for hydroxylation is 1. The summed E-state index contributed by atoms with van der Waals surface area (Å²) in [6, 6.07) is 2.26. The van der Waals surface area contributed by atoms with Crippen LogP contribution in [0.4, 0.5) is 0 Å². The molecule has 26 heavy (non-hydrogen) atoms. The Morgan fingerprint density at radius 1 is 1.15 bits per heavy atom. The summed E-state index contributed by atoms with van der Waals surface area (Å²) in [6.45, 7) is 7.04. The second-order valence-corrected chi connectivity index (χ2v) is 8.88. The lowest BCUT2D eigenvalue weighted by Crippen LogP contribution is -2.21. The van der Waals surface area contributed by atoms with Gasteiger partial charge in [-0.3, -0.25) is 8.65 Å². The largest absolute Gasteiger partial charge is 0.277 e. The Labute approximate surface area is 160 Å². The van der Waals surface area contributed by atoms with E-state index in [1.165, 1.54) is 17.6 Å². The van der Waals surface area contributed by atoms with Gasteiger partial charge in [-0.15, -0.1) is 0 Å². The van der Waals surface area contributed by atoms with Crippen LogP contribution in [-0.4, -0.2) is 18.7 Å². The van der Waals surface area contributed by atoms with E-state index in [1.54, 1.807) is 3.97 Å². The molecule has 4 nitrogen and oxygen atoms in total. The molecule has 0 N–H and O–H groups in total. The number of pyridine rings is 1. The second-order valence-electron chi connectivity index (χ2n) is 8.45. The molecule has 1 unspecified atom stereocenters. The molecule has 1 aliphatic rings. The molecule has 3 aromatic heterocycles. The molecule has 0 aromatic carbocycles. The van der Waals surface area contributed by atoms with Gasteiger partial charge in [0.15, 0.2) is 0 Å². The molecule has 0 spiro atoms. The van der Waals surface area contributed by atoms with Crippen LogP contribution in [0.3, 0.4) is 0 Å². The van der Waals surface area contributed by atoms with Gasteiger partial charge >= 0.3 is 0 Å². The first-order valence-corrected chi connectivity index (χ1v) is 9.61. The molecule has 5 heteroatoms. The zero-order valence-electron chi connectivity index (χ0n) is 15.9. The van der Waals surface area contributed by atoms with Gasteiger partial charge in [-0.2, -0.15) is 5.10 Å². The van der Waals surface area contributed by atoms with Crippen LogP contribution in [0.5, 0.6) is 0 Å².